The summed E-state index contributed by atoms with van der Waals surface area (Å²) in [6.07, 6.45) is 0. The van der Waals surface area contributed by atoms with E-state index in [0.29, 0.717) is 5.71 Å². The van der Waals surface area contributed by atoms with Crippen LogP contribution in [0.15, 0.2) is 29.3 Å². The van der Waals surface area contributed by atoms with E-state index < -0.39 is 0 Å². The maximum absolute atomic E-state index is 7.61. The molecule has 0 amide bonds. The summed E-state index contributed by atoms with van der Waals surface area (Å²) in [5, 5.41) is 7.61. The molecule has 1 N–H and O–H groups in total. The first-order valence-corrected chi connectivity index (χ1v) is 3.52. The first kappa shape index (κ1) is 6.28. The zero-order chi connectivity index (χ0) is 7.84. The van der Waals surface area contributed by atoms with E-state index in [1.54, 1.807) is 0 Å². The van der Waals surface area contributed by atoms with Gasteiger partial charge in [-0.05, 0) is 13.0 Å². The highest BCUT2D eigenvalue weighted by Crippen LogP contribution is 2.25. The fraction of sp³-hybridized carbons (Fsp3) is 0.111. The monoisotopic (exact) mass is 144 g/mol. The Balaban J connectivity index is 2.67. The Kier molecular flexibility index (Phi) is 1.15. The molecule has 2 rings (SSSR count). The Morgan fingerprint density at radius 1 is 1.27 bits per heavy atom. The predicted octanol–water partition coefficient (Wildman–Crippen LogP) is 2.16. The highest BCUT2D eigenvalue weighted by Gasteiger charge is 2.15. The number of hydrogen-bond donors (Lipinski definition) is 1. The molecule has 11 heavy (non-hydrogen) atoms. The van der Waals surface area contributed by atoms with Crippen LogP contribution in [0.2, 0.25) is 0 Å². The number of nitrogens with zero attached hydrogens (tertiary/aromatic N) is 1. The van der Waals surface area contributed by atoms with Crippen LogP contribution in [0.4, 0.5) is 5.69 Å². The second-order valence-corrected chi connectivity index (χ2v) is 2.59. The van der Waals surface area contributed by atoms with E-state index in [2.05, 4.69) is 4.99 Å². The maximum atomic E-state index is 7.61. The summed E-state index contributed by atoms with van der Waals surface area (Å²) < 4.78 is 0. The number of rotatable bonds is 0. The van der Waals surface area contributed by atoms with Crippen LogP contribution >= 0.6 is 0 Å². The fourth-order valence-corrected chi connectivity index (χ4v) is 1.21. The van der Waals surface area contributed by atoms with Gasteiger partial charge in [0.15, 0.2) is 0 Å². The van der Waals surface area contributed by atoms with Gasteiger partial charge in [-0.3, -0.25) is 10.4 Å². The van der Waals surface area contributed by atoms with Gasteiger partial charge in [0, 0.05) is 5.56 Å². The number of hydrogen-bond acceptors (Lipinski definition) is 2. The first-order valence-electron chi connectivity index (χ1n) is 3.52. The largest absolute Gasteiger partial charge is 0.298 e. The highest BCUT2D eigenvalue weighted by atomic mass is 14.8. The minimum Gasteiger partial charge on any atom is -0.298 e. The quantitative estimate of drug-likeness (QED) is 0.579. The molecule has 1 aliphatic rings. The van der Waals surface area contributed by atoms with E-state index in [1.807, 2.05) is 31.2 Å². The maximum Gasteiger partial charge on any atom is 0.0846 e. The van der Waals surface area contributed by atoms with Crippen molar-refractivity contribution < 1.29 is 0 Å². The summed E-state index contributed by atoms with van der Waals surface area (Å²) in [4.78, 5) is 4.23. The first-order chi connectivity index (χ1) is 5.29. The summed E-state index contributed by atoms with van der Waals surface area (Å²) >= 11 is 0. The van der Waals surface area contributed by atoms with E-state index in [9.17, 15) is 0 Å². The molecule has 1 aromatic carbocycles. The summed E-state index contributed by atoms with van der Waals surface area (Å²) in [5.74, 6) is 0. The molecular formula is C9H8N2. The molecule has 0 fully saturated rings. The van der Waals surface area contributed by atoms with Crippen molar-refractivity contribution >= 4 is 17.1 Å². The Hall–Kier alpha value is -1.44. The summed E-state index contributed by atoms with van der Waals surface area (Å²) in [7, 11) is 0. The molecule has 2 nitrogen and oxygen atoms in total. The number of benzene rings is 1. The van der Waals surface area contributed by atoms with Crippen LogP contribution in [0, 0.1) is 5.41 Å². The van der Waals surface area contributed by atoms with E-state index in [1.165, 1.54) is 0 Å². The van der Waals surface area contributed by atoms with Crippen molar-refractivity contribution in [3.05, 3.63) is 29.8 Å². The lowest BCUT2D eigenvalue weighted by Crippen LogP contribution is -2.03. The van der Waals surface area contributed by atoms with Gasteiger partial charge in [-0.1, -0.05) is 18.2 Å². The van der Waals surface area contributed by atoms with Crippen LogP contribution in [0.1, 0.15) is 12.5 Å². The van der Waals surface area contributed by atoms with Crippen LogP contribution < -0.4 is 0 Å². The number of aliphatic imine (C=N–C) groups is 1. The van der Waals surface area contributed by atoms with Gasteiger partial charge in [-0.25, -0.2) is 0 Å². The number of para-hydroxylation sites is 1. The van der Waals surface area contributed by atoms with Crippen LogP contribution in [-0.2, 0) is 0 Å². The molecule has 0 unspecified atom stereocenters. The third-order valence-electron chi connectivity index (χ3n) is 1.82. The zero-order valence-corrected chi connectivity index (χ0v) is 6.26. The molecule has 0 radical (unpaired) electrons. The van der Waals surface area contributed by atoms with E-state index in [0.717, 1.165) is 17.0 Å². The summed E-state index contributed by atoms with van der Waals surface area (Å²) in [6, 6.07) is 7.73. The molecule has 0 saturated carbocycles. The summed E-state index contributed by atoms with van der Waals surface area (Å²) in [5.41, 5.74) is 3.24. The van der Waals surface area contributed by atoms with Gasteiger partial charge < -0.3 is 0 Å². The van der Waals surface area contributed by atoms with E-state index >= 15 is 0 Å². The molecule has 0 bridgehead atoms. The molecule has 0 atom stereocenters. The van der Waals surface area contributed by atoms with E-state index in [4.69, 9.17) is 5.41 Å². The normalized spacial score (nSPS) is 14.6. The smallest absolute Gasteiger partial charge is 0.0846 e. The second-order valence-electron chi connectivity index (χ2n) is 2.59. The molecule has 1 heterocycles. The SMILES string of the molecule is CC1=Nc2ccccc2C1=N. The van der Waals surface area contributed by atoms with Crippen LogP contribution in [-0.4, -0.2) is 11.4 Å². The van der Waals surface area contributed by atoms with Gasteiger partial charge in [0.2, 0.25) is 0 Å². The molecule has 1 aromatic rings. The molecule has 2 heteroatoms. The fourth-order valence-electron chi connectivity index (χ4n) is 1.21. The molecule has 0 saturated heterocycles. The van der Waals surface area contributed by atoms with E-state index in [-0.39, 0.29) is 0 Å². The lowest BCUT2D eigenvalue weighted by Gasteiger charge is -1.93. The standard InChI is InChI=1S/C9H8N2/c1-6-9(10)7-4-2-3-5-8(7)11-6/h2-5,10H,1H3. The highest BCUT2D eigenvalue weighted by molar-refractivity contribution is 6.50. The molecule has 1 aliphatic heterocycles. The topological polar surface area (TPSA) is 36.2 Å². The Morgan fingerprint density at radius 2 is 2.00 bits per heavy atom. The van der Waals surface area contributed by atoms with Crippen molar-refractivity contribution in [2.24, 2.45) is 4.99 Å². The van der Waals surface area contributed by atoms with Crippen LogP contribution in [0.25, 0.3) is 0 Å². The van der Waals surface area contributed by atoms with Crippen molar-refractivity contribution in [1.82, 2.24) is 0 Å². The summed E-state index contributed by atoms with van der Waals surface area (Å²) in [6.45, 7) is 1.86. The minimum absolute atomic E-state index is 0.556. The number of nitrogens with one attached hydrogen (secondary N) is 1. The van der Waals surface area contributed by atoms with Gasteiger partial charge in [0.25, 0.3) is 0 Å². The van der Waals surface area contributed by atoms with Crippen LogP contribution in [0.3, 0.4) is 0 Å². The predicted molar refractivity (Wildman–Crippen MR) is 46.0 cm³/mol. The third kappa shape index (κ3) is 0.792. The Labute approximate surface area is 65.1 Å². The Bertz CT molecular complexity index is 350. The molecule has 0 aliphatic carbocycles. The average molecular weight is 144 g/mol. The molecule has 0 spiro atoms. The van der Waals surface area contributed by atoms with Gasteiger partial charge in [-0.15, -0.1) is 0 Å². The van der Waals surface area contributed by atoms with Crippen molar-refractivity contribution in [1.29, 1.82) is 5.41 Å². The number of fused-ring (bicyclic) bond motifs is 1. The lowest BCUT2D eigenvalue weighted by molar-refractivity contribution is 1.51. The molecular weight excluding hydrogens is 136 g/mol. The van der Waals surface area contributed by atoms with Crippen molar-refractivity contribution in [3.63, 3.8) is 0 Å². The van der Waals surface area contributed by atoms with Crippen molar-refractivity contribution in [2.75, 3.05) is 0 Å². The van der Waals surface area contributed by atoms with Crippen molar-refractivity contribution in [3.8, 4) is 0 Å². The van der Waals surface area contributed by atoms with Gasteiger partial charge in [0.1, 0.15) is 0 Å². The third-order valence-corrected chi connectivity index (χ3v) is 1.82. The zero-order valence-electron chi connectivity index (χ0n) is 6.26. The van der Waals surface area contributed by atoms with Crippen molar-refractivity contribution in [2.45, 2.75) is 6.92 Å². The minimum atomic E-state index is 0.556. The average Bonchev–Trinajstić information content (AvgIpc) is 2.30. The van der Waals surface area contributed by atoms with Gasteiger partial charge in [-0.2, -0.15) is 0 Å². The second kappa shape index (κ2) is 2.02. The Morgan fingerprint density at radius 3 is 2.73 bits per heavy atom. The molecule has 54 valence electrons. The molecule has 0 aromatic heterocycles. The lowest BCUT2D eigenvalue weighted by atomic mass is 10.1. The van der Waals surface area contributed by atoms with Crippen LogP contribution in [0.5, 0.6) is 0 Å². The van der Waals surface area contributed by atoms with Gasteiger partial charge in [0.05, 0.1) is 17.1 Å². The van der Waals surface area contributed by atoms with Gasteiger partial charge >= 0.3 is 0 Å².